The molecule has 2 rings (SSSR count). The van der Waals surface area contributed by atoms with Gasteiger partial charge in [0.2, 0.25) is 10.0 Å². The second-order valence-electron chi connectivity index (χ2n) is 5.47. The van der Waals surface area contributed by atoms with E-state index in [1.165, 1.54) is 0 Å². The molecule has 118 valence electrons. The minimum absolute atomic E-state index is 0.0905. The monoisotopic (exact) mass is 330 g/mol. The van der Waals surface area contributed by atoms with Crippen LogP contribution in [-0.4, -0.2) is 32.4 Å². The van der Waals surface area contributed by atoms with Crippen molar-refractivity contribution in [3.63, 3.8) is 0 Å². The van der Waals surface area contributed by atoms with E-state index < -0.39 is 10.0 Å². The van der Waals surface area contributed by atoms with Crippen molar-refractivity contribution in [2.24, 2.45) is 0 Å². The molecule has 0 bridgehead atoms. The van der Waals surface area contributed by atoms with Crippen molar-refractivity contribution in [3.8, 4) is 0 Å². The minimum atomic E-state index is -3.52. The minimum Gasteiger partial charge on any atom is -0.316 e. The first kappa shape index (κ1) is 16.7. The lowest BCUT2D eigenvalue weighted by Gasteiger charge is -2.34. The van der Waals surface area contributed by atoms with Crippen LogP contribution in [0, 0.1) is 0 Å². The molecule has 0 aromatic heterocycles. The topological polar surface area (TPSA) is 49.4 Å². The predicted molar refractivity (Wildman–Crippen MR) is 86.0 cm³/mol. The summed E-state index contributed by atoms with van der Waals surface area (Å²) in [6, 6.07) is 5.31. The maximum Gasteiger partial charge on any atom is 0.244 e. The summed E-state index contributed by atoms with van der Waals surface area (Å²) in [5.74, 6) is 0. The van der Waals surface area contributed by atoms with Crippen LogP contribution in [0.3, 0.4) is 0 Å². The molecule has 1 aromatic rings. The Balaban J connectivity index is 2.40. The number of piperidine rings is 1. The van der Waals surface area contributed by atoms with Crippen LogP contribution >= 0.6 is 11.6 Å². The molecule has 0 saturated carbocycles. The van der Waals surface area contributed by atoms with Gasteiger partial charge < -0.3 is 5.32 Å². The summed E-state index contributed by atoms with van der Waals surface area (Å²) in [6.45, 7) is 3.25. The van der Waals surface area contributed by atoms with Crippen LogP contribution in [0.4, 0.5) is 0 Å². The third-order valence-corrected chi connectivity index (χ3v) is 6.44. The number of nitrogens with one attached hydrogen (secondary N) is 1. The van der Waals surface area contributed by atoms with Crippen molar-refractivity contribution in [2.75, 3.05) is 13.6 Å². The number of hydrogen-bond donors (Lipinski definition) is 1. The lowest BCUT2D eigenvalue weighted by atomic mass is 10.0. The van der Waals surface area contributed by atoms with E-state index >= 15 is 0 Å². The summed E-state index contributed by atoms with van der Waals surface area (Å²) in [5.41, 5.74) is 0.922. The van der Waals surface area contributed by atoms with Gasteiger partial charge in [-0.25, -0.2) is 8.42 Å². The molecule has 21 heavy (non-hydrogen) atoms. The standard InChI is InChI=1S/C15H23ClN2O2S/c1-3-13-6-4-5-9-18(13)21(19,20)15-10-12(11-17-2)7-8-14(15)16/h7-8,10,13,17H,3-6,9,11H2,1-2H3. The number of halogens is 1. The number of benzene rings is 1. The SMILES string of the molecule is CCC1CCCCN1S(=O)(=O)c1cc(CNC)ccc1Cl. The van der Waals surface area contributed by atoms with Gasteiger partial charge >= 0.3 is 0 Å². The van der Waals surface area contributed by atoms with Gasteiger partial charge in [-0.3, -0.25) is 0 Å². The van der Waals surface area contributed by atoms with Gasteiger partial charge in [-0.05, 0) is 44.0 Å². The quantitative estimate of drug-likeness (QED) is 0.902. The largest absolute Gasteiger partial charge is 0.316 e. The van der Waals surface area contributed by atoms with Crippen LogP contribution in [-0.2, 0) is 16.6 Å². The van der Waals surface area contributed by atoms with E-state index in [0.29, 0.717) is 18.1 Å². The Morgan fingerprint density at radius 2 is 2.14 bits per heavy atom. The molecule has 1 N–H and O–H groups in total. The molecule has 0 aliphatic carbocycles. The summed E-state index contributed by atoms with van der Waals surface area (Å²) in [5, 5.41) is 3.33. The molecule has 1 fully saturated rings. The maximum absolute atomic E-state index is 13.0. The van der Waals surface area contributed by atoms with Crippen molar-refractivity contribution >= 4 is 21.6 Å². The molecule has 1 aliphatic heterocycles. The summed E-state index contributed by atoms with van der Waals surface area (Å²) in [6.07, 6.45) is 3.79. The molecular weight excluding hydrogens is 308 g/mol. The average molecular weight is 331 g/mol. The lowest BCUT2D eigenvalue weighted by molar-refractivity contribution is 0.246. The van der Waals surface area contributed by atoms with Crippen LogP contribution in [0.2, 0.25) is 5.02 Å². The van der Waals surface area contributed by atoms with Gasteiger partial charge in [0, 0.05) is 19.1 Å². The van der Waals surface area contributed by atoms with E-state index in [1.807, 2.05) is 20.0 Å². The van der Waals surface area contributed by atoms with E-state index in [2.05, 4.69) is 5.32 Å². The van der Waals surface area contributed by atoms with E-state index in [1.54, 1.807) is 16.4 Å². The normalized spacial score (nSPS) is 20.6. The van der Waals surface area contributed by atoms with Crippen LogP contribution in [0.25, 0.3) is 0 Å². The molecule has 1 aromatic carbocycles. The van der Waals surface area contributed by atoms with Gasteiger partial charge in [-0.1, -0.05) is 31.0 Å². The van der Waals surface area contributed by atoms with Gasteiger partial charge in [0.1, 0.15) is 4.90 Å². The van der Waals surface area contributed by atoms with E-state index in [0.717, 1.165) is 31.2 Å². The Hall–Kier alpha value is -0.620. The fraction of sp³-hybridized carbons (Fsp3) is 0.600. The molecule has 0 amide bonds. The highest BCUT2D eigenvalue weighted by Crippen LogP contribution is 2.31. The molecule has 1 saturated heterocycles. The van der Waals surface area contributed by atoms with Crippen LogP contribution in [0.1, 0.15) is 38.2 Å². The number of sulfonamides is 1. The first-order valence-corrected chi connectivity index (χ1v) is 9.27. The third kappa shape index (κ3) is 3.59. The first-order chi connectivity index (χ1) is 10.0. The zero-order valence-electron chi connectivity index (χ0n) is 12.6. The molecule has 0 radical (unpaired) electrons. The predicted octanol–water partition coefficient (Wildman–Crippen LogP) is 3.01. The summed E-state index contributed by atoms with van der Waals surface area (Å²) < 4.78 is 27.5. The van der Waals surface area contributed by atoms with Gasteiger partial charge in [-0.15, -0.1) is 0 Å². The molecule has 6 heteroatoms. The summed E-state index contributed by atoms with van der Waals surface area (Å²) >= 11 is 6.16. The fourth-order valence-electron chi connectivity index (χ4n) is 2.88. The van der Waals surface area contributed by atoms with Gasteiger partial charge in [0.25, 0.3) is 0 Å². The van der Waals surface area contributed by atoms with E-state index in [4.69, 9.17) is 11.6 Å². The number of nitrogens with zero attached hydrogens (tertiary/aromatic N) is 1. The van der Waals surface area contributed by atoms with E-state index in [9.17, 15) is 8.42 Å². The maximum atomic E-state index is 13.0. The average Bonchev–Trinajstić information content (AvgIpc) is 2.49. The van der Waals surface area contributed by atoms with Crippen molar-refractivity contribution in [3.05, 3.63) is 28.8 Å². The smallest absolute Gasteiger partial charge is 0.244 e. The first-order valence-electron chi connectivity index (χ1n) is 7.45. The second kappa shape index (κ2) is 7.09. The van der Waals surface area contributed by atoms with Crippen molar-refractivity contribution in [1.82, 2.24) is 9.62 Å². The second-order valence-corrected chi connectivity index (χ2v) is 7.73. The molecule has 1 atom stereocenters. The highest BCUT2D eigenvalue weighted by Gasteiger charge is 2.33. The molecule has 0 spiro atoms. The number of hydrogen-bond acceptors (Lipinski definition) is 3. The van der Waals surface area contributed by atoms with Gasteiger partial charge in [-0.2, -0.15) is 4.31 Å². The Kier molecular flexibility index (Phi) is 5.66. The highest BCUT2D eigenvalue weighted by molar-refractivity contribution is 7.89. The summed E-state index contributed by atoms with van der Waals surface area (Å²) in [7, 11) is -1.69. The highest BCUT2D eigenvalue weighted by atomic mass is 35.5. The van der Waals surface area contributed by atoms with Crippen molar-refractivity contribution in [2.45, 2.75) is 50.1 Å². The van der Waals surface area contributed by atoms with E-state index in [-0.39, 0.29) is 10.9 Å². The molecule has 4 nitrogen and oxygen atoms in total. The van der Waals surface area contributed by atoms with Crippen molar-refractivity contribution in [1.29, 1.82) is 0 Å². The Morgan fingerprint density at radius 1 is 1.38 bits per heavy atom. The Bertz CT molecular complexity index is 589. The van der Waals surface area contributed by atoms with Crippen LogP contribution < -0.4 is 5.32 Å². The third-order valence-electron chi connectivity index (χ3n) is 4.01. The molecule has 1 unspecified atom stereocenters. The number of rotatable bonds is 5. The summed E-state index contributed by atoms with van der Waals surface area (Å²) in [4.78, 5) is 0.234. The lowest BCUT2D eigenvalue weighted by Crippen LogP contribution is -2.43. The zero-order valence-corrected chi connectivity index (χ0v) is 14.2. The Morgan fingerprint density at radius 3 is 2.81 bits per heavy atom. The van der Waals surface area contributed by atoms with Crippen LogP contribution in [0.5, 0.6) is 0 Å². The molecular formula is C15H23ClN2O2S. The van der Waals surface area contributed by atoms with Gasteiger partial charge in [0.05, 0.1) is 5.02 Å². The van der Waals surface area contributed by atoms with Crippen molar-refractivity contribution < 1.29 is 8.42 Å². The van der Waals surface area contributed by atoms with Gasteiger partial charge in [0.15, 0.2) is 0 Å². The fourth-order valence-corrected chi connectivity index (χ4v) is 5.18. The molecule has 1 aliphatic rings. The van der Waals surface area contributed by atoms with Crippen LogP contribution in [0.15, 0.2) is 23.1 Å². The zero-order chi connectivity index (χ0) is 15.5. The Labute approximate surface area is 132 Å². The molecule has 1 heterocycles.